The molecule has 5 heteroatoms. The summed E-state index contributed by atoms with van der Waals surface area (Å²) in [6, 6.07) is 1.88. The Hall–Kier alpha value is 0.530. The third-order valence-electron chi connectivity index (χ3n) is 3.16. The van der Waals surface area contributed by atoms with E-state index < -0.39 is 0 Å². The van der Waals surface area contributed by atoms with Crippen molar-refractivity contribution in [1.29, 1.82) is 0 Å². The van der Waals surface area contributed by atoms with Crippen molar-refractivity contribution in [2.75, 3.05) is 6.61 Å². The fourth-order valence-corrected chi connectivity index (χ4v) is 4.35. The molecule has 0 aromatic carbocycles. The monoisotopic (exact) mass is 312 g/mol. The summed E-state index contributed by atoms with van der Waals surface area (Å²) in [7, 11) is 0. The third-order valence-corrected chi connectivity index (χ3v) is 5.09. The van der Waals surface area contributed by atoms with Gasteiger partial charge in [-0.15, -0.1) is 22.9 Å². The zero-order valence-electron chi connectivity index (χ0n) is 9.59. The number of halogens is 3. The lowest BCUT2D eigenvalue weighted by Crippen LogP contribution is -2.31. The van der Waals surface area contributed by atoms with Crippen LogP contribution >= 0.6 is 46.1 Å². The first-order chi connectivity index (χ1) is 8.10. The zero-order chi connectivity index (χ0) is 12.4. The lowest BCUT2D eigenvalue weighted by Gasteiger charge is -2.35. The fraction of sp³-hybridized carbons (Fsp3) is 0.667. The molecule has 1 heterocycles. The van der Waals surface area contributed by atoms with Crippen LogP contribution in [0.4, 0.5) is 0 Å². The Labute approximate surface area is 121 Å². The highest BCUT2D eigenvalue weighted by atomic mass is 35.5. The molecule has 17 heavy (non-hydrogen) atoms. The van der Waals surface area contributed by atoms with Crippen LogP contribution in [0.5, 0.6) is 0 Å². The first-order valence-corrected chi connectivity index (χ1v) is 7.81. The number of ether oxygens (including phenoxy) is 1. The van der Waals surface area contributed by atoms with E-state index in [9.17, 15) is 0 Å². The molecule has 1 atom stereocenters. The lowest BCUT2D eigenvalue weighted by atomic mass is 9.78. The van der Waals surface area contributed by atoms with E-state index in [2.05, 4.69) is 0 Å². The number of hydrogen-bond donors (Lipinski definition) is 0. The molecule has 1 saturated carbocycles. The molecule has 1 nitrogen and oxygen atoms in total. The Morgan fingerprint density at radius 1 is 1.47 bits per heavy atom. The summed E-state index contributed by atoms with van der Waals surface area (Å²) < 4.78 is 6.96. The third kappa shape index (κ3) is 3.51. The maximum Gasteiger partial charge on any atom is 0.0991 e. The number of rotatable bonds is 5. The van der Waals surface area contributed by atoms with Crippen LogP contribution in [0.1, 0.15) is 37.1 Å². The molecule has 0 amide bonds. The minimum atomic E-state index is -0.0289. The minimum Gasteiger partial charge on any atom is -0.378 e. The van der Waals surface area contributed by atoms with Crippen molar-refractivity contribution in [3.8, 4) is 0 Å². The van der Waals surface area contributed by atoms with Crippen molar-refractivity contribution in [3.05, 3.63) is 20.3 Å². The maximum absolute atomic E-state index is 6.38. The number of alkyl halides is 1. The average Bonchev–Trinajstić information content (AvgIpc) is 2.54. The summed E-state index contributed by atoms with van der Waals surface area (Å²) in [4.78, 5) is 0. The second-order valence-corrected chi connectivity index (χ2v) is 7.21. The largest absolute Gasteiger partial charge is 0.378 e. The number of thiophene rings is 1. The van der Waals surface area contributed by atoms with E-state index in [0.29, 0.717) is 16.4 Å². The Balaban J connectivity index is 1.82. The quantitative estimate of drug-likeness (QED) is 0.648. The molecule has 1 aliphatic rings. The highest BCUT2D eigenvalue weighted by molar-refractivity contribution is 7.20. The Morgan fingerprint density at radius 3 is 2.71 bits per heavy atom. The van der Waals surface area contributed by atoms with E-state index in [1.807, 2.05) is 13.0 Å². The van der Waals surface area contributed by atoms with Crippen LogP contribution in [0.3, 0.4) is 0 Å². The van der Waals surface area contributed by atoms with Gasteiger partial charge in [0, 0.05) is 12.2 Å². The van der Waals surface area contributed by atoms with E-state index in [4.69, 9.17) is 39.5 Å². The summed E-state index contributed by atoms with van der Waals surface area (Å²) in [5.74, 6) is 0.656. The minimum absolute atomic E-state index is 0.0289. The van der Waals surface area contributed by atoms with Crippen molar-refractivity contribution in [3.63, 3.8) is 0 Å². The van der Waals surface area contributed by atoms with Gasteiger partial charge in [-0.3, -0.25) is 0 Å². The van der Waals surface area contributed by atoms with Gasteiger partial charge in [-0.05, 0) is 38.2 Å². The van der Waals surface area contributed by atoms with Gasteiger partial charge < -0.3 is 4.74 Å². The van der Waals surface area contributed by atoms with Crippen molar-refractivity contribution in [2.45, 2.75) is 37.7 Å². The molecule has 2 rings (SSSR count). The van der Waals surface area contributed by atoms with Crippen LogP contribution in [0, 0.1) is 5.92 Å². The molecule has 0 aliphatic heterocycles. The number of hydrogen-bond acceptors (Lipinski definition) is 2. The molecule has 0 saturated heterocycles. The van der Waals surface area contributed by atoms with Gasteiger partial charge in [-0.25, -0.2) is 0 Å². The van der Waals surface area contributed by atoms with E-state index in [1.54, 1.807) is 0 Å². The Kier molecular flexibility index (Phi) is 5.02. The van der Waals surface area contributed by atoms with Crippen molar-refractivity contribution in [1.82, 2.24) is 0 Å². The molecule has 0 spiro atoms. The van der Waals surface area contributed by atoms with Crippen molar-refractivity contribution in [2.24, 2.45) is 5.92 Å². The highest BCUT2D eigenvalue weighted by Gasteiger charge is 2.32. The van der Waals surface area contributed by atoms with Gasteiger partial charge >= 0.3 is 0 Å². The van der Waals surface area contributed by atoms with Crippen LogP contribution in [0.2, 0.25) is 8.67 Å². The van der Waals surface area contributed by atoms with Gasteiger partial charge in [-0.2, -0.15) is 0 Å². The fourth-order valence-electron chi connectivity index (χ4n) is 2.22. The average molecular weight is 314 g/mol. The molecule has 1 aromatic rings. The van der Waals surface area contributed by atoms with Gasteiger partial charge in [0.1, 0.15) is 0 Å². The summed E-state index contributed by atoms with van der Waals surface area (Å²) in [6.07, 6.45) is 3.63. The second kappa shape index (κ2) is 6.12. The molecule has 1 aliphatic carbocycles. The molecule has 1 fully saturated rings. The predicted octanol–water partition coefficient (Wildman–Crippen LogP) is 5.54. The highest BCUT2D eigenvalue weighted by Crippen LogP contribution is 2.44. The van der Waals surface area contributed by atoms with E-state index in [-0.39, 0.29) is 5.38 Å². The summed E-state index contributed by atoms with van der Waals surface area (Å²) in [6.45, 7) is 2.83. The van der Waals surface area contributed by atoms with Crippen LogP contribution in [0.15, 0.2) is 6.07 Å². The predicted molar refractivity (Wildman–Crippen MR) is 75.7 cm³/mol. The van der Waals surface area contributed by atoms with Crippen LogP contribution in [0.25, 0.3) is 0 Å². The van der Waals surface area contributed by atoms with Gasteiger partial charge in [0.15, 0.2) is 0 Å². The van der Waals surface area contributed by atoms with Gasteiger partial charge in [0.2, 0.25) is 0 Å². The first-order valence-electron chi connectivity index (χ1n) is 5.80. The molecule has 0 bridgehead atoms. The normalized spacial score (nSPS) is 25.6. The smallest absolute Gasteiger partial charge is 0.0991 e. The van der Waals surface area contributed by atoms with Gasteiger partial charge in [0.25, 0.3) is 0 Å². The van der Waals surface area contributed by atoms with Gasteiger partial charge in [-0.1, -0.05) is 23.2 Å². The van der Waals surface area contributed by atoms with Crippen molar-refractivity contribution >= 4 is 46.1 Å². The molecular formula is C12H15Cl3OS. The molecule has 0 radical (unpaired) electrons. The van der Waals surface area contributed by atoms with Crippen LogP contribution in [-0.4, -0.2) is 12.7 Å². The topological polar surface area (TPSA) is 9.23 Å². The molecule has 1 aromatic heterocycles. The van der Waals surface area contributed by atoms with E-state index in [1.165, 1.54) is 11.3 Å². The molecule has 96 valence electrons. The second-order valence-electron chi connectivity index (χ2n) is 4.40. The lowest BCUT2D eigenvalue weighted by molar-refractivity contribution is -0.0267. The van der Waals surface area contributed by atoms with Crippen LogP contribution < -0.4 is 0 Å². The van der Waals surface area contributed by atoms with Crippen LogP contribution in [-0.2, 0) is 4.74 Å². The summed E-state index contributed by atoms with van der Waals surface area (Å²) in [5.41, 5.74) is 0.975. The first kappa shape index (κ1) is 14.0. The Bertz CT molecular complexity index is 374. The van der Waals surface area contributed by atoms with Gasteiger partial charge in [0.05, 0.1) is 20.2 Å². The SMILES string of the molecule is CCOC1CC(CC(Cl)c2cc(Cl)sc2Cl)C1. The van der Waals surface area contributed by atoms with E-state index >= 15 is 0 Å². The summed E-state index contributed by atoms with van der Waals surface area (Å²) >= 11 is 19.8. The Morgan fingerprint density at radius 2 is 2.18 bits per heavy atom. The molecule has 1 unspecified atom stereocenters. The maximum atomic E-state index is 6.38. The summed E-state index contributed by atoms with van der Waals surface area (Å²) in [5, 5.41) is -0.0289. The zero-order valence-corrected chi connectivity index (χ0v) is 12.7. The molecule has 0 N–H and O–H groups in total. The van der Waals surface area contributed by atoms with E-state index in [0.717, 1.165) is 35.8 Å². The molecular weight excluding hydrogens is 299 g/mol. The standard InChI is InChI=1S/C12H15Cl3OS/c1-2-16-8-3-7(4-8)5-10(13)9-6-11(14)17-12(9)15/h6-8,10H,2-5H2,1H3. The van der Waals surface area contributed by atoms with Crippen molar-refractivity contribution < 1.29 is 4.74 Å².